The molecule has 0 heterocycles. The molecule has 25 heavy (non-hydrogen) atoms. The number of nitrogens with one attached hydrogen (secondary N) is 2. The van der Waals surface area contributed by atoms with E-state index in [0.29, 0.717) is 16.8 Å². The Morgan fingerprint density at radius 1 is 1.08 bits per heavy atom. The first-order valence-electron chi connectivity index (χ1n) is 7.92. The molecule has 0 radical (unpaired) electrons. The van der Waals surface area contributed by atoms with E-state index in [1.807, 2.05) is 0 Å². The molecule has 2 aromatic carbocycles. The first-order chi connectivity index (χ1) is 12.0. The molecule has 2 aromatic rings. The SMILES string of the molecule is Cc1cccc(C(=O)Nc2ccc(C(=O)NC3CC3)cc2)c1[N+](=O)[O-]. The van der Waals surface area contributed by atoms with Gasteiger partial charge in [0.1, 0.15) is 5.56 Å². The maximum Gasteiger partial charge on any atom is 0.285 e. The monoisotopic (exact) mass is 339 g/mol. The Kier molecular flexibility index (Phi) is 4.47. The Labute approximate surface area is 144 Å². The van der Waals surface area contributed by atoms with E-state index in [2.05, 4.69) is 10.6 Å². The summed E-state index contributed by atoms with van der Waals surface area (Å²) < 4.78 is 0. The van der Waals surface area contributed by atoms with Crippen LogP contribution in [0.15, 0.2) is 42.5 Å². The second kappa shape index (κ2) is 6.72. The molecule has 1 aliphatic rings. The fourth-order valence-electron chi connectivity index (χ4n) is 2.48. The Morgan fingerprint density at radius 3 is 2.36 bits per heavy atom. The molecular weight excluding hydrogens is 322 g/mol. The molecule has 0 unspecified atom stereocenters. The number of aryl methyl sites for hydroxylation is 1. The fraction of sp³-hybridized carbons (Fsp3) is 0.222. The van der Waals surface area contributed by atoms with Crippen molar-refractivity contribution < 1.29 is 14.5 Å². The van der Waals surface area contributed by atoms with Crippen LogP contribution in [0.5, 0.6) is 0 Å². The van der Waals surface area contributed by atoms with Crippen molar-refractivity contribution in [2.75, 3.05) is 5.32 Å². The van der Waals surface area contributed by atoms with Gasteiger partial charge in [-0.3, -0.25) is 19.7 Å². The van der Waals surface area contributed by atoms with Crippen LogP contribution in [-0.4, -0.2) is 22.8 Å². The van der Waals surface area contributed by atoms with Crippen molar-refractivity contribution in [2.45, 2.75) is 25.8 Å². The topological polar surface area (TPSA) is 101 Å². The van der Waals surface area contributed by atoms with Gasteiger partial charge in [0.15, 0.2) is 0 Å². The zero-order valence-corrected chi connectivity index (χ0v) is 13.6. The predicted octanol–water partition coefficient (Wildman–Crippen LogP) is 3.05. The maximum atomic E-state index is 12.4. The smallest absolute Gasteiger partial charge is 0.285 e. The number of carbonyl (C=O) groups excluding carboxylic acids is 2. The molecule has 0 saturated heterocycles. The Hall–Kier alpha value is -3.22. The molecule has 128 valence electrons. The average Bonchev–Trinajstić information content (AvgIpc) is 3.38. The molecule has 7 nitrogen and oxygen atoms in total. The number of hydrogen-bond acceptors (Lipinski definition) is 4. The Bertz CT molecular complexity index is 842. The number of benzene rings is 2. The summed E-state index contributed by atoms with van der Waals surface area (Å²) in [5, 5.41) is 16.7. The molecule has 1 saturated carbocycles. The van der Waals surface area contributed by atoms with Crippen molar-refractivity contribution >= 4 is 23.2 Å². The Morgan fingerprint density at radius 2 is 1.76 bits per heavy atom. The summed E-state index contributed by atoms with van der Waals surface area (Å²) in [6.07, 6.45) is 2.02. The molecule has 0 atom stereocenters. The van der Waals surface area contributed by atoms with E-state index >= 15 is 0 Å². The molecule has 0 spiro atoms. The van der Waals surface area contributed by atoms with Crippen molar-refractivity contribution in [1.29, 1.82) is 0 Å². The Balaban J connectivity index is 1.74. The third-order valence-corrected chi connectivity index (χ3v) is 3.98. The molecule has 0 aliphatic heterocycles. The van der Waals surface area contributed by atoms with Gasteiger partial charge in [-0.1, -0.05) is 12.1 Å². The van der Waals surface area contributed by atoms with E-state index in [1.165, 1.54) is 6.07 Å². The van der Waals surface area contributed by atoms with Gasteiger partial charge in [-0.25, -0.2) is 0 Å². The average molecular weight is 339 g/mol. The summed E-state index contributed by atoms with van der Waals surface area (Å²) in [6.45, 7) is 1.59. The summed E-state index contributed by atoms with van der Waals surface area (Å²) in [6, 6.07) is 11.3. The third-order valence-electron chi connectivity index (χ3n) is 3.98. The number of nitro groups is 1. The summed E-state index contributed by atoms with van der Waals surface area (Å²) in [7, 11) is 0. The highest BCUT2D eigenvalue weighted by Crippen LogP contribution is 2.24. The van der Waals surface area contributed by atoms with Crippen LogP contribution in [0.4, 0.5) is 11.4 Å². The number of nitro benzene ring substituents is 1. The number of hydrogen-bond donors (Lipinski definition) is 2. The maximum absolute atomic E-state index is 12.4. The summed E-state index contributed by atoms with van der Waals surface area (Å²) in [5.74, 6) is -0.708. The molecule has 0 aromatic heterocycles. The number of carbonyl (C=O) groups is 2. The fourth-order valence-corrected chi connectivity index (χ4v) is 2.48. The van der Waals surface area contributed by atoms with Gasteiger partial charge < -0.3 is 10.6 Å². The molecule has 2 N–H and O–H groups in total. The van der Waals surface area contributed by atoms with Crippen LogP contribution in [0.2, 0.25) is 0 Å². The first kappa shape index (κ1) is 16.6. The van der Waals surface area contributed by atoms with Crippen molar-refractivity contribution in [2.24, 2.45) is 0 Å². The van der Waals surface area contributed by atoms with Crippen molar-refractivity contribution in [3.63, 3.8) is 0 Å². The van der Waals surface area contributed by atoms with E-state index < -0.39 is 10.8 Å². The van der Waals surface area contributed by atoms with Crippen LogP contribution < -0.4 is 10.6 Å². The zero-order chi connectivity index (χ0) is 18.0. The molecule has 1 fully saturated rings. The molecule has 0 bridgehead atoms. The van der Waals surface area contributed by atoms with Crippen molar-refractivity contribution in [1.82, 2.24) is 5.32 Å². The lowest BCUT2D eigenvalue weighted by molar-refractivity contribution is -0.385. The second-order valence-corrected chi connectivity index (χ2v) is 6.01. The van der Waals surface area contributed by atoms with Crippen LogP contribution >= 0.6 is 0 Å². The van der Waals surface area contributed by atoms with E-state index in [-0.39, 0.29) is 23.2 Å². The molecule has 7 heteroatoms. The van der Waals surface area contributed by atoms with E-state index in [1.54, 1.807) is 43.3 Å². The van der Waals surface area contributed by atoms with Crippen molar-refractivity contribution in [3.05, 3.63) is 69.3 Å². The standard InChI is InChI=1S/C18H17N3O4/c1-11-3-2-4-15(16(11)21(24)25)18(23)20-13-7-5-12(6-8-13)17(22)19-14-9-10-14/h2-8,14H,9-10H2,1H3,(H,19,22)(H,20,23). The minimum Gasteiger partial charge on any atom is -0.349 e. The van der Waals surface area contributed by atoms with Crippen LogP contribution in [-0.2, 0) is 0 Å². The highest BCUT2D eigenvalue weighted by atomic mass is 16.6. The summed E-state index contributed by atoms with van der Waals surface area (Å²) in [4.78, 5) is 34.9. The molecule has 3 rings (SSSR count). The third kappa shape index (κ3) is 3.82. The van der Waals surface area contributed by atoms with Crippen molar-refractivity contribution in [3.8, 4) is 0 Å². The van der Waals surface area contributed by atoms with Crippen LogP contribution in [0.25, 0.3) is 0 Å². The first-order valence-corrected chi connectivity index (χ1v) is 7.92. The van der Waals surface area contributed by atoms with Crippen LogP contribution in [0.3, 0.4) is 0 Å². The largest absolute Gasteiger partial charge is 0.349 e. The van der Waals surface area contributed by atoms with Crippen LogP contribution in [0.1, 0.15) is 39.1 Å². The normalized spacial score (nSPS) is 13.2. The number of para-hydroxylation sites is 1. The number of rotatable bonds is 5. The van der Waals surface area contributed by atoms with E-state index in [4.69, 9.17) is 0 Å². The minimum atomic E-state index is -0.564. The lowest BCUT2D eigenvalue weighted by Crippen LogP contribution is -2.25. The number of anilines is 1. The van der Waals surface area contributed by atoms with E-state index in [0.717, 1.165) is 12.8 Å². The predicted molar refractivity (Wildman–Crippen MR) is 92.7 cm³/mol. The van der Waals surface area contributed by atoms with Gasteiger partial charge in [-0.15, -0.1) is 0 Å². The van der Waals surface area contributed by atoms with Gasteiger partial charge in [0.25, 0.3) is 17.5 Å². The number of amides is 2. The minimum absolute atomic E-state index is 0.000512. The quantitative estimate of drug-likeness (QED) is 0.645. The molecule has 2 amide bonds. The molecular formula is C18H17N3O4. The highest BCUT2D eigenvalue weighted by Gasteiger charge is 2.24. The summed E-state index contributed by atoms with van der Waals surface area (Å²) >= 11 is 0. The van der Waals surface area contributed by atoms with E-state index in [9.17, 15) is 19.7 Å². The summed E-state index contributed by atoms with van der Waals surface area (Å²) in [5.41, 5.74) is 1.18. The van der Waals surface area contributed by atoms with Gasteiger partial charge in [0, 0.05) is 22.9 Å². The van der Waals surface area contributed by atoms with Gasteiger partial charge in [-0.05, 0) is 50.1 Å². The lowest BCUT2D eigenvalue weighted by atomic mass is 10.1. The second-order valence-electron chi connectivity index (χ2n) is 6.01. The number of nitrogens with zero attached hydrogens (tertiary/aromatic N) is 1. The van der Waals surface area contributed by atoms with Crippen LogP contribution in [0, 0.1) is 17.0 Å². The highest BCUT2D eigenvalue weighted by molar-refractivity contribution is 6.07. The van der Waals surface area contributed by atoms with Gasteiger partial charge >= 0.3 is 0 Å². The molecule has 1 aliphatic carbocycles. The zero-order valence-electron chi connectivity index (χ0n) is 13.6. The van der Waals surface area contributed by atoms with Gasteiger partial charge in [-0.2, -0.15) is 0 Å². The van der Waals surface area contributed by atoms with Gasteiger partial charge in [0.05, 0.1) is 4.92 Å². The van der Waals surface area contributed by atoms with Gasteiger partial charge in [0.2, 0.25) is 0 Å². The lowest BCUT2D eigenvalue weighted by Gasteiger charge is -2.08.